The van der Waals surface area contributed by atoms with Gasteiger partial charge < -0.3 is 5.32 Å². The van der Waals surface area contributed by atoms with Crippen LogP contribution in [0.25, 0.3) is 0 Å². The van der Waals surface area contributed by atoms with Crippen LogP contribution in [0.1, 0.15) is 52.1 Å². The van der Waals surface area contributed by atoms with Crippen LogP contribution in [-0.4, -0.2) is 16.1 Å². The maximum atomic E-state index is 12.3. The number of aryl methyl sites for hydroxylation is 1. The van der Waals surface area contributed by atoms with Crippen LogP contribution in [-0.2, 0) is 11.2 Å². The molecule has 4 heteroatoms. The average molecular weight is 249 g/mol. The van der Waals surface area contributed by atoms with E-state index in [9.17, 15) is 4.79 Å². The molecule has 0 aliphatic heterocycles. The highest BCUT2D eigenvalue weighted by Crippen LogP contribution is 2.40. The number of amides is 1. The molecular formula is C14H23N3O. The molecule has 0 radical (unpaired) electrons. The molecule has 1 aliphatic rings. The summed E-state index contributed by atoms with van der Waals surface area (Å²) in [5.74, 6) is 0.875. The lowest BCUT2D eigenvalue weighted by molar-refractivity contribution is -0.124. The van der Waals surface area contributed by atoms with Gasteiger partial charge in [-0.25, -0.2) is 0 Å². The normalized spacial score (nSPS) is 22.7. The van der Waals surface area contributed by atoms with Gasteiger partial charge in [0.15, 0.2) is 5.82 Å². The van der Waals surface area contributed by atoms with Crippen molar-refractivity contribution in [2.75, 3.05) is 5.32 Å². The van der Waals surface area contributed by atoms with Crippen molar-refractivity contribution in [2.24, 2.45) is 11.3 Å². The van der Waals surface area contributed by atoms with Gasteiger partial charge in [0, 0.05) is 17.7 Å². The summed E-state index contributed by atoms with van der Waals surface area (Å²) in [5.41, 5.74) is 1.15. The minimum Gasteiger partial charge on any atom is -0.309 e. The number of nitrogens with zero attached hydrogens (tertiary/aromatic N) is 1. The number of aromatic nitrogens is 2. The molecule has 1 amide bonds. The highest BCUT2D eigenvalue weighted by atomic mass is 16.2. The zero-order valence-corrected chi connectivity index (χ0v) is 11.5. The van der Waals surface area contributed by atoms with Crippen molar-refractivity contribution in [3.63, 3.8) is 0 Å². The third-order valence-corrected chi connectivity index (χ3v) is 4.09. The quantitative estimate of drug-likeness (QED) is 0.864. The smallest absolute Gasteiger partial charge is 0.229 e. The Balaban J connectivity index is 2.02. The van der Waals surface area contributed by atoms with Crippen LogP contribution in [0.4, 0.5) is 5.82 Å². The van der Waals surface area contributed by atoms with E-state index in [4.69, 9.17) is 0 Å². The number of aromatic amines is 1. The summed E-state index contributed by atoms with van der Waals surface area (Å²) in [6.07, 6.45) is 5.41. The van der Waals surface area contributed by atoms with Crippen LogP contribution in [0.15, 0.2) is 6.07 Å². The van der Waals surface area contributed by atoms with Crippen molar-refractivity contribution >= 4 is 11.7 Å². The largest absolute Gasteiger partial charge is 0.309 e. The first-order valence-electron chi connectivity index (χ1n) is 6.88. The molecule has 1 atom stereocenters. The van der Waals surface area contributed by atoms with E-state index in [2.05, 4.69) is 36.3 Å². The van der Waals surface area contributed by atoms with Crippen molar-refractivity contribution in [1.82, 2.24) is 10.2 Å². The zero-order valence-electron chi connectivity index (χ0n) is 11.5. The van der Waals surface area contributed by atoms with Crippen LogP contribution in [0.3, 0.4) is 0 Å². The number of rotatable bonds is 3. The van der Waals surface area contributed by atoms with Crippen LogP contribution in [0.5, 0.6) is 0 Å². The molecule has 1 aliphatic carbocycles. The molecule has 0 saturated heterocycles. The van der Waals surface area contributed by atoms with E-state index in [1.807, 2.05) is 6.07 Å². The molecule has 1 heterocycles. The predicted octanol–water partition coefficient (Wildman–Crippen LogP) is 3.13. The molecule has 1 fully saturated rings. The van der Waals surface area contributed by atoms with Gasteiger partial charge in [0.05, 0.1) is 0 Å². The Morgan fingerprint density at radius 2 is 2.33 bits per heavy atom. The molecule has 1 saturated carbocycles. The molecule has 2 N–H and O–H groups in total. The SMILES string of the molecule is CCc1cc(NC(=O)C2CCCCC2(C)C)n[nH]1. The molecule has 4 nitrogen and oxygen atoms in total. The number of H-pyrrole nitrogens is 1. The summed E-state index contributed by atoms with van der Waals surface area (Å²) < 4.78 is 0. The molecule has 1 aromatic rings. The van der Waals surface area contributed by atoms with Gasteiger partial charge in [-0.1, -0.05) is 33.6 Å². The molecule has 0 bridgehead atoms. The molecular weight excluding hydrogens is 226 g/mol. The predicted molar refractivity (Wildman–Crippen MR) is 72.3 cm³/mol. The second kappa shape index (κ2) is 5.12. The second-order valence-electron chi connectivity index (χ2n) is 5.91. The third kappa shape index (κ3) is 2.74. The highest BCUT2D eigenvalue weighted by molar-refractivity contribution is 5.92. The van der Waals surface area contributed by atoms with Crippen LogP contribution in [0, 0.1) is 11.3 Å². The number of carbonyl (C=O) groups excluding carboxylic acids is 1. The Kier molecular flexibility index (Phi) is 3.73. The summed E-state index contributed by atoms with van der Waals surface area (Å²) >= 11 is 0. The number of hydrogen-bond acceptors (Lipinski definition) is 2. The van der Waals surface area contributed by atoms with Crippen LogP contribution in [0.2, 0.25) is 0 Å². The van der Waals surface area contributed by atoms with Gasteiger partial charge in [0.25, 0.3) is 0 Å². The maximum absolute atomic E-state index is 12.3. The summed E-state index contributed by atoms with van der Waals surface area (Å²) in [5, 5.41) is 9.97. The molecule has 100 valence electrons. The van der Waals surface area contributed by atoms with E-state index < -0.39 is 0 Å². The minimum atomic E-state index is 0.103. The highest BCUT2D eigenvalue weighted by Gasteiger charge is 2.37. The van der Waals surface area contributed by atoms with Gasteiger partial charge in [0.2, 0.25) is 5.91 Å². The fourth-order valence-electron chi connectivity index (χ4n) is 2.80. The zero-order chi connectivity index (χ0) is 13.2. The Morgan fingerprint density at radius 1 is 1.56 bits per heavy atom. The lowest BCUT2D eigenvalue weighted by atomic mass is 9.68. The molecule has 2 rings (SSSR count). The minimum absolute atomic E-state index is 0.103. The summed E-state index contributed by atoms with van der Waals surface area (Å²) in [6, 6.07) is 1.91. The fourth-order valence-corrected chi connectivity index (χ4v) is 2.80. The molecule has 0 aromatic carbocycles. The van der Waals surface area contributed by atoms with Gasteiger partial charge in [-0.3, -0.25) is 9.89 Å². The number of nitrogens with one attached hydrogen (secondary N) is 2. The number of hydrogen-bond donors (Lipinski definition) is 2. The van der Waals surface area contributed by atoms with E-state index in [1.165, 1.54) is 6.42 Å². The first-order chi connectivity index (χ1) is 8.53. The van der Waals surface area contributed by atoms with Crippen molar-refractivity contribution in [3.05, 3.63) is 11.8 Å². The Morgan fingerprint density at radius 3 is 2.94 bits per heavy atom. The topological polar surface area (TPSA) is 57.8 Å². The van der Waals surface area contributed by atoms with Gasteiger partial charge in [0.1, 0.15) is 0 Å². The molecule has 1 unspecified atom stereocenters. The van der Waals surface area contributed by atoms with Crippen molar-refractivity contribution in [3.8, 4) is 0 Å². The van der Waals surface area contributed by atoms with E-state index >= 15 is 0 Å². The summed E-state index contributed by atoms with van der Waals surface area (Å²) in [4.78, 5) is 12.3. The van der Waals surface area contributed by atoms with E-state index in [1.54, 1.807) is 0 Å². The van der Waals surface area contributed by atoms with E-state index in [0.29, 0.717) is 5.82 Å². The van der Waals surface area contributed by atoms with E-state index in [-0.39, 0.29) is 17.2 Å². The molecule has 18 heavy (non-hydrogen) atoms. The van der Waals surface area contributed by atoms with E-state index in [0.717, 1.165) is 31.4 Å². The Labute approximate surface area is 109 Å². The lowest BCUT2D eigenvalue weighted by Crippen LogP contribution is -2.37. The van der Waals surface area contributed by atoms with Crippen molar-refractivity contribution in [2.45, 2.75) is 52.9 Å². The Bertz CT molecular complexity index is 422. The van der Waals surface area contributed by atoms with Gasteiger partial charge in [-0.05, 0) is 24.7 Å². The van der Waals surface area contributed by atoms with Crippen molar-refractivity contribution < 1.29 is 4.79 Å². The van der Waals surface area contributed by atoms with Crippen molar-refractivity contribution in [1.29, 1.82) is 0 Å². The number of anilines is 1. The third-order valence-electron chi connectivity index (χ3n) is 4.09. The molecule has 1 aromatic heterocycles. The van der Waals surface area contributed by atoms with Crippen LogP contribution >= 0.6 is 0 Å². The summed E-state index contributed by atoms with van der Waals surface area (Å²) in [7, 11) is 0. The summed E-state index contributed by atoms with van der Waals surface area (Å²) in [6.45, 7) is 6.44. The van der Waals surface area contributed by atoms with Gasteiger partial charge >= 0.3 is 0 Å². The van der Waals surface area contributed by atoms with Crippen LogP contribution < -0.4 is 5.32 Å². The van der Waals surface area contributed by atoms with Gasteiger partial charge in [-0.15, -0.1) is 0 Å². The maximum Gasteiger partial charge on any atom is 0.229 e. The van der Waals surface area contributed by atoms with Gasteiger partial charge in [-0.2, -0.15) is 5.10 Å². The fraction of sp³-hybridized carbons (Fsp3) is 0.714. The Hall–Kier alpha value is -1.32. The monoisotopic (exact) mass is 249 g/mol. The average Bonchev–Trinajstić information content (AvgIpc) is 2.76. The first kappa shape index (κ1) is 13.1. The standard InChI is InChI=1S/C14H23N3O/c1-4-10-9-12(17-16-10)15-13(18)11-7-5-6-8-14(11,2)3/h9,11H,4-8H2,1-3H3,(H2,15,16,17,18). The molecule has 0 spiro atoms. The first-order valence-corrected chi connectivity index (χ1v) is 6.88. The number of carbonyl (C=O) groups is 1. The second-order valence-corrected chi connectivity index (χ2v) is 5.91. The lowest BCUT2D eigenvalue weighted by Gasteiger charge is -2.37.